The van der Waals surface area contributed by atoms with Crippen LogP contribution in [-0.2, 0) is 20.2 Å². The van der Waals surface area contributed by atoms with E-state index in [1.807, 2.05) is 26.8 Å². The summed E-state index contributed by atoms with van der Waals surface area (Å²) in [6.07, 6.45) is 5.80. The largest absolute Gasteiger partial charge is 0.496 e. The summed E-state index contributed by atoms with van der Waals surface area (Å²) >= 11 is 0. The fraction of sp³-hybridized carbons (Fsp3) is 0.269. The standard InChI is InChI=1S/C26H29N3O7S/c1-26(2,3)21-15-19(29-12-11-22(30)27-25(29)32)13-17(23(21)35-4)8-7-16-9-10-18(28-37(6,33)34)14-20(16)24(31)36-5/h7-15,28H,1-6H3,(H,27,30,32). The molecule has 10 nitrogen and oxygen atoms in total. The predicted octanol–water partition coefficient (Wildman–Crippen LogP) is 3.16. The molecule has 3 aromatic rings. The van der Waals surface area contributed by atoms with E-state index in [1.165, 1.54) is 36.1 Å². The smallest absolute Gasteiger partial charge is 0.338 e. The van der Waals surface area contributed by atoms with Gasteiger partial charge in [0, 0.05) is 29.1 Å². The Hall–Kier alpha value is -4.12. The Morgan fingerprint density at radius 1 is 1.03 bits per heavy atom. The number of hydrogen-bond donors (Lipinski definition) is 2. The van der Waals surface area contributed by atoms with Gasteiger partial charge in [-0.2, -0.15) is 0 Å². The summed E-state index contributed by atoms with van der Waals surface area (Å²) in [5, 5.41) is 0. The van der Waals surface area contributed by atoms with Crippen LogP contribution in [0.15, 0.2) is 52.2 Å². The van der Waals surface area contributed by atoms with Gasteiger partial charge in [0.15, 0.2) is 0 Å². The van der Waals surface area contributed by atoms with E-state index in [0.29, 0.717) is 22.6 Å². The summed E-state index contributed by atoms with van der Waals surface area (Å²) in [6, 6.07) is 9.31. The van der Waals surface area contributed by atoms with E-state index in [1.54, 1.807) is 31.4 Å². The molecule has 0 spiro atoms. The molecule has 0 aliphatic rings. The number of carbonyl (C=O) groups is 1. The van der Waals surface area contributed by atoms with Crippen LogP contribution in [0.4, 0.5) is 5.69 Å². The lowest BCUT2D eigenvalue weighted by Crippen LogP contribution is -2.28. The van der Waals surface area contributed by atoms with Crippen molar-refractivity contribution in [2.75, 3.05) is 25.2 Å². The summed E-state index contributed by atoms with van der Waals surface area (Å²) in [7, 11) is -0.773. The lowest BCUT2D eigenvalue weighted by Gasteiger charge is -2.25. The Morgan fingerprint density at radius 3 is 2.27 bits per heavy atom. The number of H-pyrrole nitrogens is 1. The van der Waals surface area contributed by atoms with Gasteiger partial charge < -0.3 is 9.47 Å². The maximum absolute atomic E-state index is 12.5. The Morgan fingerprint density at radius 2 is 1.70 bits per heavy atom. The molecule has 37 heavy (non-hydrogen) atoms. The van der Waals surface area contributed by atoms with Crippen molar-refractivity contribution in [1.82, 2.24) is 9.55 Å². The number of anilines is 1. The van der Waals surface area contributed by atoms with Crippen LogP contribution in [0.5, 0.6) is 5.75 Å². The Labute approximate surface area is 214 Å². The first-order valence-electron chi connectivity index (χ1n) is 11.2. The second-order valence-corrected chi connectivity index (χ2v) is 11.1. The van der Waals surface area contributed by atoms with Crippen LogP contribution in [0.25, 0.3) is 17.8 Å². The summed E-state index contributed by atoms with van der Waals surface area (Å²) < 4.78 is 37.5. The van der Waals surface area contributed by atoms with E-state index in [0.717, 1.165) is 11.8 Å². The number of rotatable bonds is 7. The van der Waals surface area contributed by atoms with Crippen LogP contribution in [0.1, 0.15) is 47.8 Å². The molecule has 0 aliphatic carbocycles. The highest BCUT2D eigenvalue weighted by Crippen LogP contribution is 2.37. The Bertz CT molecular complexity index is 1590. The highest BCUT2D eigenvalue weighted by Gasteiger charge is 2.23. The SMILES string of the molecule is COC(=O)c1cc(NS(C)(=O)=O)ccc1C=Cc1cc(-n2ccc(=O)[nH]c2=O)cc(C(C)(C)C)c1OC. The number of esters is 1. The van der Waals surface area contributed by atoms with Crippen LogP contribution in [0.3, 0.4) is 0 Å². The first-order valence-corrected chi connectivity index (χ1v) is 13.1. The number of methoxy groups -OCH3 is 2. The lowest BCUT2D eigenvalue weighted by molar-refractivity contribution is 0.0600. The lowest BCUT2D eigenvalue weighted by atomic mass is 9.84. The molecule has 0 saturated heterocycles. The number of nitrogens with one attached hydrogen (secondary N) is 2. The topological polar surface area (TPSA) is 137 Å². The van der Waals surface area contributed by atoms with E-state index in [2.05, 4.69) is 9.71 Å². The second-order valence-electron chi connectivity index (χ2n) is 9.35. The van der Waals surface area contributed by atoms with E-state index in [9.17, 15) is 22.8 Å². The van der Waals surface area contributed by atoms with Crippen molar-refractivity contribution in [3.63, 3.8) is 0 Å². The number of carbonyl (C=O) groups excluding carboxylic acids is 1. The van der Waals surface area contributed by atoms with Crippen molar-refractivity contribution >= 4 is 33.8 Å². The zero-order valence-corrected chi connectivity index (χ0v) is 22.2. The van der Waals surface area contributed by atoms with Gasteiger partial charge in [0.1, 0.15) is 5.75 Å². The van der Waals surface area contributed by atoms with Crippen LogP contribution in [0, 0.1) is 0 Å². The summed E-state index contributed by atoms with van der Waals surface area (Å²) in [4.78, 5) is 38.8. The van der Waals surface area contributed by atoms with Crippen molar-refractivity contribution in [3.05, 3.63) is 85.7 Å². The van der Waals surface area contributed by atoms with Crippen molar-refractivity contribution in [2.24, 2.45) is 0 Å². The number of sulfonamides is 1. The van der Waals surface area contributed by atoms with Crippen LogP contribution >= 0.6 is 0 Å². The molecule has 2 aromatic carbocycles. The monoisotopic (exact) mass is 527 g/mol. The average Bonchev–Trinajstić information content (AvgIpc) is 2.80. The number of aromatic nitrogens is 2. The van der Waals surface area contributed by atoms with Crippen molar-refractivity contribution in [3.8, 4) is 11.4 Å². The van der Waals surface area contributed by atoms with Gasteiger partial charge in [-0.05, 0) is 35.2 Å². The minimum atomic E-state index is -3.55. The van der Waals surface area contributed by atoms with E-state index in [-0.39, 0.29) is 16.7 Å². The molecule has 0 atom stereocenters. The third kappa shape index (κ3) is 6.56. The molecule has 2 N–H and O–H groups in total. The molecule has 11 heteroatoms. The number of ether oxygens (including phenoxy) is 2. The molecule has 1 heterocycles. The number of nitrogens with zero attached hydrogens (tertiary/aromatic N) is 1. The van der Waals surface area contributed by atoms with Gasteiger partial charge in [0.25, 0.3) is 5.56 Å². The van der Waals surface area contributed by atoms with E-state index < -0.39 is 27.2 Å². The zero-order valence-electron chi connectivity index (χ0n) is 21.4. The highest BCUT2D eigenvalue weighted by molar-refractivity contribution is 7.92. The van der Waals surface area contributed by atoms with Gasteiger partial charge in [-0.15, -0.1) is 0 Å². The molecule has 3 rings (SSSR count). The molecule has 0 amide bonds. The summed E-state index contributed by atoms with van der Waals surface area (Å²) in [5.74, 6) is -0.0763. The van der Waals surface area contributed by atoms with Gasteiger partial charge in [-0.3, -0.25) is 19.1 Å². The van der Waals surface area contributed by atoms with Gasteiger partial charge in [-0.1, -0.05) is 39.0 Å². The molecule has 0 saturated carbocycles. The van der Waals surface area contributed by atoms with E-state index >= 15 is 0 Å². The molecule has 1 aromatic heterocycles. The van der Waals surface area contributed by atoms with Crippen molar-refractivity contribution in [2.45, 2.75) is 26.2 Å². The quantitative estimate of drug-likeness (QED) is 0.356. The third-order valence-corrected chi connectivity index (χ3v) is 6.03. The van der Waals surface area contributed by atoms with Gasteiger partial charge in [0.2, 0.25) is 10.0 Å². The summed E-state index contributed by atoms with van der Waals surface area (Å²) in [6.45, 7) is 6.00. The number of aromatic amines is 1. The molecule has 196 valence electrons. The van der Waals surface area contributed by atoms with E-state index in [4.69, 9.17) is 9.47 Å². The van der Waals surface area contributed by atoms with Gasteiger partial charge >= 0.3 is 11.7 Å². The van der Waals surface area contributed by atoms with Gasteiger partial charge in [-0.25, -0.2) is 18.0 Å². The Kier molecular flexibility index (Phi) is 7.77. The second kappa shape index (κ2) is 10.5. The minimum Gasteiger partial charge on any atom is -0.496 e. The Balaban J connectivity index is 2.22. The average molecular weight is 528 g/mol. The van der Waals surface area contributed by atoms with Crippen LogP contribution in [0.2, 0.25) is 0 Å². The molecule has 0 unspecified atom stereocenters. The zero-order chi connectivity index (χ0) is 27.5. The molecular formula is C26H29N3O7S. The maximum atomic E-state index is 12.5. The molecule has 0 bridgehead atoms. The molecule has 0 fully saturated rings. The molecule has 0 radical (unpaired) electrons. The number of hydrogen-bond acceptors (Lipinski definition) is 7. The normalized spacial score (nSPS) is 11.9. The fourth-order valence-electron chi connectivity index (χ4n) is 3.75. The number of benzene rings is 2. The highest BCUT2D eigenvalue weighted by atomic mass is 32.2. The third-order valence-electron chi connectivity index (χ3n) is 5.42. The molecular weight excluding hydrogens is 498 g/mol. The van der Waals surface area contributed by atoms with Crippen molar-refractivity contribution < 1.29 is 22.7 Å². The van der Waals surface area contributed by atoms with Crippen LogP contribution < -0.4 is 20.7 Å². The minimum absolute atomic E-state index is 0.149. The van der Waals surface area contributed by atoms with Crippen molar-refractivity contribution in [1.29, 1.82) is 0 Å². The first-order chi connectivity index (χ1) is 17.2. The van der Waals surface area contributed by atoms with Gasteiger partial charge in [0.05, 0.1) is 31.7 Å². The summed E-state index contributed by atoms with van der Waals surface area (Å²) in [5.41, 5.74) is 1.30. The first kappa shape index (κ1) is 27.5. The fourth-order valence-corrected chi connectivity index (χ4v) is 4.30. The predicted molar refractivity (Wildman–Crippen MR) is 143 cm³/mol. The maximum Gasteiger partial charge on any atom is 0.338 e. The van der Waals surface area contributed by atoms with Crippen LogP contribution in [-0.4, -0.2) is 44.4 Å². The molecule has 0 aliphatic heterocycles.